The number of hydrogen-bond donors (Lipinski definition) is 3. The third kappa shape index (κ3) is 7.08. The van der Waals surface area contributed by atoms with Gasteiger partial charge in [-0.15, -0.1) is 0 Å². The molecule has 23 heavy (non-hydrogen) atoms. The van der Waals surface area contributed by atoms with Crippen LogP contribution in [-0.2, 0) is 0 Å². The lowest BCUT2D eigenvalue weighted by Gasteiger charge is -2.20. The van der Waals surface area contributed by atoms with Crippen LogP contribution < -0.4 is 10.6 Å². The number of aliphatic hydroxyl groups is 1. The molecule has 0 aromatic carbocycles. The maximum Gasteiger partial charge on any atom is 0.191 e. The number of hydrogen-bond acceptors (Lipinski definition) is 3. The van der Waals surface area contributed by atoms with Crippen molar-refractivity contribution in [3.8, 4) is 0 Å². The fraction of sp³-hybridized carbons (Fsp3) is 0.944. The summed E-state index contributed by atoms with van der Waals surface area (Å²) in [5.74, 6) is 1.25. The standard InChI is InChI=1S/C18H36N4O/c1-2-19-18(21-15-16-9-7-10-17(16)23)20-11-8-14-22-12-5-3-4-6-13-22/h16-17,23H,2-15H2,1H3,(H2,19,20,21). The van der Waals surface area contributed by atoms with Crippen LogP contribution in [0.3, 0.4) is 0 Å². The van der Waals surface area contributed by atoms with Crippen LogP contribution in [0.5, 0.6) is 0 Å². The van der Waals surface area contributed by atoms with Gasteiger partial charge in [-0.2, -0.15) is 0 Å². The number of guanidine groups is 1. The number of aliphatic hydroxyl groups excluding tert-OH is 1. The first-order valence-corrected chi connectivity index (χ1v) is 9.72. The molecule has 2 fully saturated rings. The molecule has 0 spiro atoms. The SMILES string of the molecule is CCNC(=NCC1CCCC1O)NCCCN1CCCCCC1. The Bertz CT molecular complexity index is 340. The summed E-state index contributed by atoms with van der Waals surface area (Å²) < 4.78 is 0. The summed E-state index contributed by atoms with van der Waals surface area (Å²) in [6, 6.07) is 0. The number of nitrogens with zero attached hydrogens (tertiary/aromatic N) is 2. The lowest BCUT2D eigenvalue weighted by atomic mass is 10.1. The minimum absolute atomic E-state index is 0.148. The van der Waals surface area contributed by atoms with Gasteiger partial charge in [-0.05, 0) is 58.7 Å². The van der Waals surface area contributed by atoms with Crippen molar-refractivity contribution in [2.24, 2.45) is 10.9 Å². The summed E-state index contributed by atoms with van der Waals surface area (Å²) in [6.45, 7) is 8.41. The van der Waals surface area contributed by atoms with E-state index in [1.54, 1.807) is 0 Å². The average Bonchev–Trinajstić information content (AvgIpc) is 2.80. The van der Waals surface area contributed by atoms with E-state index in [-0.39, 0.29) is 6.10 Å². The van der Waals surface area contributed by atoms with Crippen molar-refractivity contribution in [1.29, 1.82) is 0 Å². The van der Waals surface area contributed by atoms with Crippen molar-refractivity contribution in [3.05, 3.63) is 0 Å². The number of likely N-dealkylation sites (tertiary alicyclic amines) is 1. The Morgan fingerprint density at radius 1 is 1.09 bits per heavy atom. The van der Waals surface area contributed by atoms with Gasteiger partial charge in [0.1, 0.15) is 0 Å². The summed E-state index contributed by atoms with van der Waals surface area (Å²) in [6.07, 6.45) is 9.74. The highest BCUT2D eigenvalue weighted by molar-refractivity contribution is 5.79. The van der Waals surface area contributed by atoms with Gasteiger partial charge in [0.15, 0.2) is 5.96 Å². The van der Waals surface area contributed by atoms with Crippen LogP contribution in [0.4, 0.5) is 0 Å². The largest absolute Gasteiger partial charge is 0.393 e. The topological polar surface area (TPSA) is 59.9 Å². The summed E-state index contributed by atoms with van der Waals surface area (Å²) in [4.78, 5) is 7.27. The van der Waals surface area contributed by atoms with E-state index in [4.69, 9.17) is 0 Å². The minimum Gasteiger partial charge on any atom is -0.393 e. The highest BCUT2D eigenvalue weighted by atomic mass is 16.3. The molecule has 2 unspecified atom stereocenters. The summed E-state index contributed by atoms with van der Waals surface area (Å²) >= 11 is 0. The quantitative estimate of drug-likeness (QED) is 0.381. The maximum atomic E-state index is 9.90. The molecule has 0 radical (unpaired) electrons. The Labute approximate surface area is 141 Å². The van der Waals surface area contributed by atoms with Crippen molar-refractivity contribution in [2.45, 2.75) is 64.4 Å². The van der Waals surface area contributed by atoms with Crippen LogP contribution in [0.25, 0.3) is 0 Å². The van der Waals surface area contributed by atoms with Gasteiger partial charge in [0.2, 0.25) is 0 Å². The Morgan fingerprint density at radius 3 is 2.52 bits per heavy atom. The molecule has 1 aliphatic carbocycles. The van der Waals surface area contributed by atoms with Gasteiger partial charge < -0.3 is 20.6 Å². The Hall–Kier alpha value is -0.810. The molecule has 2 atom stereocenters. The second kappa shape index (κ2) is 10.9. The highest BCUT2D eigenvalue weighted by Gasteiger charge is 2.24. The summed E-state index contributed by atoms with van der Waals surface area (Å²) in [7, 11) is 0. The van der Waals surface area contributed by atoms with Crippen molar-refractivity contribution in [3.63, 3.8) is 0 Å². The predicted molar refractivity (Wildman–Crippen MR) is 96.9 cm³/mol. The molecule has 0 aromatic rings. The van der Waals surface area contributed by atoms with E-state index in [2.05, 4.69) is 27.4 Å². The van der Waals surface area contributed by atoms with E-state index in [1.807, 2.05) is 0 Å². The first-order valence-electron chi connectivity index (χ1n) is 9.72. The van der Waals surface area contributed by atoms with E-state index < -0.39 is 0 Å². The lowest BCUT2D eigenvalue weighted by Crippen LogP contribution is -2.39. The Balaban J connectivity index is 1.65. The molecule has 1 heterocycles. The van der Waals surface area contributed by atoms with E-state index in [0.29, 0.717) is 5.92 Å². The molecule has 1 saturated carbocycles. The number of aliphatic imine (C=N–C) groups is 1. The fourth-order valence-corrected chi connectivity index (χ4v) is 3.65. The van der Waals surface area contributed by atoms with Gasteiger partial charge in [-0.1, -0.05) is 19.3 Å². The van der Waals surface area contributed by atoms with Gasteiger partial charge >= 0.3 is 0 Å². The molecule has 2 aliphatic rings. The second-order valence-corrected chi connectivity index (χ2v) is 7.01. The lowest BCUT2D eigenvalue weighted by molar-refractivity contribution is 0.136. The van der Waals surface area contributed by atoms with Crippen LogP contribution in [0.15, 0.2) is 4.99 Å². The third-order valence-electron chi connectivity index (χ3n) is 5.09. The van der Waals surface area contributed by atoms with Crippen molar-refractivity contribution in [2.75, 3.05) is 39.3 Å². The fourth-order valence-electron chi connectivity index (χ4n) is 3.65. The van der Waals surface area contributed by atoms with Crippen LogP contribution in [0.2, 0.25) is 0 Å². The van der Waals surface area contributed by atoms with Crippen molar-refractivity contribution < 1.29 is 5.11 Å². The van der Waals surface area contributed by atoms with E-state index in [9.17, 15) is 5.11 Å². The molecule has 3 N–H and O–H groups in total. The van der Waals surface area contributed by atoms with Crippen LogP contribution in [-0.4, -0.2) is 61.3 Å². The number of nitrogens with one attached hydrogen (secondary N) is 2. The minimum atomic E-state index is -0.148. The monoisotopic (exact) mass is 324 g/mol. The zero-order valence-electron chi connectivity index (χ0n) is 14.9. The van der Waals surface area contributed by atoms with Gasteiger partial charge in [-0.3, -0.25) is 4.99 Å². The van der Waals surface area contributed by atoms with Gasteiger partial charge in [0.25, 0.3) is 0 Å². The molecule has 0 bridgehead atoms. The Morgan fingerprint density at radius 2 is 1.87 bits per heavy atom. The van der Waals surface area contributed by atoms with Crippen LogP contribution >= 0.6 is 0 Å². The molecule has 2 rings (SSSR count). The van der Waals surface area contributed by atoms with Crippen LogP contribution in [0, 0.1) is 5.92 Å². The maximum absolute atomic E-state index is 9.90. The summed E-state index contributed by atoms with van der Waals surface area (Å²) in [5.41, 5.74) is 0. The molecule has 134 valence electrons. The molecule has 5 nitrogen and oxygen atoms in total. The van der Waals surface area contributed by atoms with Gasteiger partial charge in [0.05, 0.1) is 6.10 Å². The first-order chi connectivity index (χ1) is 11.3. The highest BCUT2D eigenvalue weighted by Crippen LogP contribution is 2.25. The van der Waals surface area contributed by atoms with Crippen LogP contribution in [0.1, 0.15) is 58.3 Å². The average molecular weight is 325 g/mol. The molecule has 1 saturated heterocycles. The molecule has 0 aromatic heterocycles. The predicted octanol–water partition coefficient (Wildman–Crippen LogP) is 1.97. The van der Waals surface area contributed by atoms with Crippen molar-refractivity contribution in [1.82, 2.24) is 15.5 Å². The molecule has 1 aliphatic heterocycles. The molecule has 0 amide bonds. The molecule has 5 heteroatoms. The zero-order chi connectivity index (χ0) is 16.3. The van der Waals surface area contributed by atoms with E-state index in [0.717, 1.165) is 51.3 Å². The third-order valence-corrected chi connectivity index (χ3v) is 5.09. The number of rotatable bonds is 7. The molecular weight excluding hydrogens is 288 g/mol. The summed E-state index contributed by atoms with van der Waals surface area (Å²) in [5, 5.41) is 16.7. The van der Waals surface area contributed by atoms with E-state index in [1.165, 1.54) is 45.3 Å². The smallest absolute Gasteiger partial charge is 0.191 e. The Kier molecular flexibility index (Phi) is 8.76. The molecular formula is C18H36N4O. The van der Waals surface area contributed by atoms with E-state index >= 15 is 0 Å². The van der Waals surface area contributed by atoms with Gasteiger partial charge in [-0.25, -0.2) is 0 Å². The van der Waals surface area contributed by atoms with Crippen molar-refractivity contribution >= 4 is 5.96 Å². The normalized spacial score (nSPS) is 27.0. The second-order valence-electron chi connectivity index (χ2n) is 7.01. The zero-order valence-corrected chi connectivity index (χ0v) is 14.9. The van der Waals surface area contributed by atoms with Gasteiger partial charge in [0, 0.05) is 25.6 Å². The first kappa shape index (κ1) is 18.5.